The van der Waals surface area contributed by atoms with Crippen molar-refractivity contribution in [2.45, 2.75) is 32.2 Å². The molecule has 0 saturated heterocycles. The first-order valence-corrected chi connectivity index (χ1v) is 4.52. The highest BCUT2D eigenvalue weighted by Gasteiger charge is 2.22. The number of rotatable bonds is 1. The van der Waals surface area contributed by atoms with Gasteiger partial charge in [0.1, 0.15) is 0 Å². The van der Waals surface area contributed by atoms with Crippen molar-refractivity contribution < 1.29 is 0 Å². The summed E-state index contributed by atoms with van der Waals surface area (Å²) >= 11 is 0. The highest BCUT2D eigenvalue weighted by Crippen LogP contribution is 2.27. The van der Waals surface area contributed by atoms with Gasteiger partial charge in [0.15, 0.2) is 5.96 Å². The van der Waals surface area contributed by atoms with E-state index in [2.05, 4.69) is 16.9 Å². The van der Waals surface area contributed by atoms with E-state index in [1.807, 2.05) is 0 Å². The molecule has 0 radical (unpaired) electrons. The standard InChI is InChI=1S/C8H17N5/c1-5-3-2-4-6(5)12-8(11)13-7(9)10/h5-6H,2-4H2,1H3,(H6,9,10,11,12,13). The summed E-state index contributed by atoms with van der Waals surface area (Å²) in [4.78, 5) is 7.92. The third-order valence-electron chi connectivity index (χ3n) is 2.36. The summed E-state index contributed by atoms with van der Waals surface area (Å²) in [6.45, 7) is 2.17. The Kier molecular flexibility index (Phi) is 3.11. The summed E-state index contributed by atoms with van der Waals surface area (Å²) in [6, 6.07) is 0.295. The first kappa shape index (κ1) is 9.83. The molecule has 0 heterocycles. The lowest BCUT2D eigenvalue weighted by Gasteiger charge is -2.09. The van der Waals surface area contributed by atoms with E-state index in [1.54, 1.807) is 0 Å². The van der Waals surface area contributed by atoms with Gasteiger partial charge in [-0.25, -0.2) is 4.99 Å². The minimum absolute atomic E-state index is 0.0353. The van der Waals surface area contributed by atoms with E-state index in [1.165, 1.54) is 12.8 Å². The molecule has 2 atom stereocenters. The number of hydrogen-bond donors (Lipinski definition) is 3. The average molecular weight is 183 g/mol. The fourth-order valence-electron chi connectivity index (χ4n) is 1.65. The first-order chi connectivity index (χ1) is 6.09. The van der Waals surface area contributed by atoms with Gasteiger partial charge < -0.3 is 17.2 Å². The van der Waals surface area contributed by atoms with Crippen molar-refractivity contribution in [3.05, 3.63) is 0 Å². The van der Waals surface area contributed by atoms with Crippen molar-refractivity contribution in [3.8, 4) is 0 Å². The topological polar surface area (TPSA) is 103 Å². The molecular weight excluding hydrogens is 166 g/mol. The third kappa shape index (κ3) is 2.93. The van der Waals surface area contributed by atoms with Crippen LogP contribution in [0, 0.1) is 5.92 Å². The number of nitrogens with zero attached hydrogens (tertiary/aromatic N) is 2. The van der Waals surface area contributed by atoms with Gasteiger partial charge in [0, 0.05) is 0 Å². The van der Waals surface area contributed by atoms with Gasteiger partial charge in [0.2, 0.25) is 5.96 Å². The van der Waals surface area contributed by atoms with Crippen LogP contribution in [0.4, 0.5) is 0 Å². The number of hydrogen-bond acceptors (Lipinski definition) is 1. The van der Waals surface area contributed by atoms with Crippen molar-refractivity contribution in [1.82, 2.24) is 0 Å². The molecule has 5 heteroatoms. The number of aliphatic imine (C=N–C) groups is 2. The van der Waals surface area contributed by atoms with Gasteiger partial charge in [0.25, 0.3) is 0 Å². The molecule has 2 unspecified atom stereocenters. The van der Waals surface area contributed by atoms with Crippen LogP contribution in [0.15, 0.2) is 9.98 Å². The van der Waals surface area contributed by atoms with E-state index in [4.69, 9.17) is 17.2 Å². The monoisotopic (exact) mass is 183 g/mol. The van der Waals surface area contributed by atoms with Crippen LogP contribution in [-0.2, 0) is 0 Å². The van der Waals surface area contributed by atoms with Gasteiger partial charge in [-0.15, -0.1) is 0 Å². The summed E-state index contributed by atoms with van der Waals surface area (Å²) in [7, 11) is 0. The molecule has 74 valence electrons. The Morgan fingerprint density at radius 2 is 1.92 bits per heavy atom. The maximum atomic E-state index is 5.52. The maximum Gasteiger partial charge on any atom is 0.218 e. The quantitative estimate of drug-likeness (QED) is 0.386. The molecule has 0 spiro atoms. The van der Waals surface area contributed by atoms with Gasteiger partial charge >= 0.3 is 0 Å². The molecule has 1 saturated carbocycles. The molecule has 1 rings (SSSR count). The minimum atomic E-state index is -0.0353. The van der Waals surface area contributed by atoms with Crippen LogP contribution >= 0.6 is 0 Å². The summed E-state index contributed by atoms with van der Waals surface area (Å²) in [5, 5.41) is 0. The highest BCUT2D eigenvalue weighted by atomic mass is 15.1. The molecule has 6 N–H and O–H groups in total. The zero-order chi connectivity index (χ0) is 9.84. The minimum Gasteiger partial charge on any atom is -0.370 e. The van der Waals surface area contributed by atoms with Crippen LogP contribution in [-0.4, -0.2) is 18.0 Å². The van der Waals surface area contributed by atoms with Crippen LogP contribution in [0.25, 0.3) is 0 Å². The molecule has 13 heavy (non-hydrogen) atoms. The Balaban J connectivity index is 2.59. The van der Waals surface area contributed by atoms with Crippen LogP contribution in [0.3, 0.4) is 0 Å². The zero-order valence-electron chi connectivity index (χ0n) is 7.90. The highest BCUT2D eigenvalue weighted by molar-refractivity contribution is 5.92. The zero-order valence-corrected chi connectivity index (χ0v) is 7.90. The van der Waals surface area contributed by atoms with Crippen molar-refractivity contribution in [3.63, 3.8) is 0 Å². The van der Waals surface area contributed by atoms with Gasteiger partial charge in [-0.3, -0.25) is 0 Å². The number of nitrogens with two attached hydrogens (primary N) is 3. The summed E-state index contributed by atoms with van der Waals surface area (Å²) < 4.78 is 0. The Hall–Kier alpha value is -1.26. The second-order valence-corrected chi connectivity index (χ2v) is 3.50. The molecular formula is C8H17N5. The smallest absolute Gasteiger partial charge is 0.218 e. The molecule has 1 aliphatic rings. The van der Waals surface area contributed by atoms with E-state index < -0.39 is 0 Å². The van der Waals surface area contributed by atoms with Gasteiger partial charge in [-0.05, 0) is 18.8 Å². The van der Waals surface area contributed by atoms with Crippen LogP contribution < -0.4 is 17.2 Å². The average Bonchev–Trinajstić information content (AvgIpc) is 2.34. The van der Waals surface area contributed by atoms with Crippen molar-refractivity contribution >= 4 is 11.9 Å². The van der Waals surface area contributed by atoms with Gasteiger partial charge in [-0.2, -0.15) is 4.99 Å². The van der Waals surface area contributed by atoms with Crippen LogP contribution in [0.5, 0.6) is 0 Å². The molecule has 0 aromatic rings. The summed E-state index contributed by atoms with van der Waals surface area (Å²) in [6.07, 6.45) is 3.51. The van der Waals surface area contributed by atoms with E-state index >= 15 is 0 Å². The lowest BCUT2D eigenvalue weighted by molar-refractivity contribution is 0.529. The largest absolute Gasteiger partial charge is 0.370 e. The Morgan fingerprint density at radius 1 is 1.23 bits per heavy atom. The molecule has 0 aromatic carbocycles. The van der Waals surface area contributed by atoms with Gasteiger partial charge in [-0.1, -0.05) is 13.3 Å². The van der Waals surface area contributed by atoms with Crippen LogP contribution in [0.1, 0.15) is 26.2 Å². The predicted molar refractivity (Wildman–Crippen MR) is 54.2 cm³/mol. The maximum absolute atomic E-state index is 5.52. The van der Waals surface area contributed by atoms with Crippen molar-refractivity contribution in [2.24, 2.45) is 33.1 Å². The first-order valence-electron chi connectivity index (χ1n) is 4.52. The lowest BCUT2D eigenvalue weighted by Crippen LogP contribution is -2.27. The normalized spacial score (nSPS) is 28.8. The Morgan fingerprint density at radius 3 is 2.38 bits per heavy atom. The van der Waals surface area contributed by atoms with Crippen LogP contribution in [0.2, 0.25) is 0 Å². The van der Waals surface area contributed by atoms with E-state index in [9.17, 15) is 0 Å². The van der Waals surface area contributed by atoms with Gasteiger partial charge in [0.05, 0.1) is 6.04 Å². The number of guanidine groups is 2. The molecule has 0 aliphatic heterocycles. The van der Waals surface area contributed by atoms with E-state index in [0.717, 1.165) is 6.42 Å². The Bertz CT molecular complexity index is 229. The summed E-state index contributed by atoms with van der Waals surface area (Å²) in [5.74, 6) is 0.749. The molecule has 5 nitrogen and oxygen atoms in total. The second-order valence-electron chi connectivity index (χ2n) is 3.50. The predicted octanol–water partition coefficient (Wildman–Crippen LogP) is -0.237. The lowest BCUT2D eigenvalue weighted by atomic mass is 10.1. The molecule has 1 aliphatic carbocycles. The molecule has 0 bridgehead atoms. The second kappa shape index (κ2) is 4.11. The molecule has 0 aromatic heterocycles. The Labute approximate surface area is 78.1 Å². The van der Waals surface area contributed by atoms with E-state index in [0.29, 0.717) is 12.0 Å². The SMILES string of the molecule is CC1CCCC1N=C(N)N=C(N)N. The van der Waals surface area contributed by atoms with E-state index in [-0.39, 0.29) is 11.9 Å². The molecule has 0 amide bonds. The fourth-order valence-corrected chi connectivity index (χ4v) is 1.65. The fraction of sp³-hybridized carbons (Fsp3) is 0.750. The third-order valence-corrected chi connectivity index (χ3v) is 2.36. The van der Waals surface area contributed by atoms with Crippen molar-refractivity contribution in [2.75, 3.05) is 0 Å². The summed E-state index contributed by atoms with van der Waals surface area (Å²) in [5.41, 5.74) is 15.9. The van der Waals surface area contributed by atoms with Crippen molar-refractivity contribution in [1.29, 1.82) is 0 Å². The molecule has 1 fully saturated rings.